The van der Waals surface area contributed by atoms with Gasteiger partial charge in [-0.25, -0.2) is 13.1 Å². The van der Waals surface area contributed by atoms with Gasteiger partial charge in [-0.05, 0) is 55.2 Å². The number of aryl methyl sites for hydroxylation is 1. The number of nitrogens with one attached hydrogen (secondary N) is 1. The van der Waals surface area contributed by atoms with Crippen LogP contribution >= 0.6 is 23.2 Å². The quantitative estimate of drug-likeness (QED) is 0.697. The highest BCUT2D eigenvalue weighted by atomic mass is 35.5. The molecule has 7 heteroatoms. The van der Waals surface area contributed by atoms with Crippen molar-refractivity contribution in [3.05, 3.63) is 57.6 Å². The van der Waals surface area contributed by atoms with Gasteiger partial charge in [0.1, 0.15) is 10.6 Å². The van der Waals surface area contributed by atoms with E-state index < -0.39 is 10.0 Å². The first-order valence-electron chi connectivity index (χ1n) is 8.87. The molecule has 27 heavy (non-hydrogen) atoms. The van der Waals surface area contributed by atoms with Crippen molar-refractivity contribution in [1.29, 1.82) is 0 Å². The largest absolute Gasteiger partial charge is 0.497 e. The van der Waals surface area contributed by atoms with E-state index in [-0.39, 0.29) is 15.3 Å². The first-order valence-corrected chi connectivity index (χ1v) is 11.1. The van der Waals surface area contributed by atoms with Crippen LogP contribution in [-0.4, -0.2) is 22.1 Å². The Bertz CT molecular complexity index is 921. The minimum Gasteiger partial charge on any atom is -0.497 e. The van der Waals surface area contributed by atoms with Crippen LogP contribution in [0.1, 0.15) is 36.8 Å². The van der Waals surface area contributed by atoms with E-state index >= 15 is 0 Å². The lowest BCUT2D eigenvalue weighted by molar-refractivity contribution is 0.410. The molecule has 2 aromatic rings. The Balaban J connectivity index is 1.86. The standard InChI is InChI=1S/C20H23Cl2NO3S/c1-14-11-19(18(22)12-17(14)21)27(24,25)23-13-20(9-3-4-10-20)15-5-7-16(26-2)8-6-15/h5-8,11-12,23H,3-4,9-10,13H2,1-2H3. The summed E-state index contributed by atoms with van der Waals surface area (Å²) in [4.78, 5) is 0.0638. The smallest absolute Gasteiger partial charge is 0.242 e. The predicted molar refractivity (Wildman–Crippen MR) is 110 cm³/mol. The fourth-order valence-corrected chi connectivity index (χ4v) is 5.67. The minimum absolute atomic E-state index is 0.0638. The second kappa shape index (κ2) is 8.00. The van der Waals surface area contributed by atoms with Crippen molar-refractivity contribution in [2.24, 2.45) is 0 Å². The molecule has 3 rings (SSSR count). The second-order valence-electron chi connectivity index (χ2n) is 7.07. The molecule has 0 radical (unpaired) electrons. The van der Waals surface area contributed by atoms with Gasteiger partial charge in [-0.2, -0.15) is 0 Å². The maximum atomic E-state index is 12.9. The van der Waals surface area contributed by atoms with E-state index in [0.717, 1.165) is 37.0 Å². The maximum Gasteiger partial charge on any atom is 0.242 e. The zero-order valence-electron chi connectivity index (χ0n) is 15.4. The normalized spacial score (nSPS) is 16.4. The molecule has 2 aromatic carbocycles. The van der Waals surface area contributed by atoms with E-state index in [1.54, 1.807) is 14.0 Å². The number of rotatable bonds is 6. The lowest BCUT2D eigenvalue weighted by atomic mass is 9.79. The molecule has 0 aliphatic heterocycles. The maximum absolute atomic E-state index is 12.9. The summed E-state index contributed by atoms with van der Waals surface area (Å²) in [5, 5.41) is 0.576. The molecule has 146 valence electrons. The molecular weight excluding hydrogens is 405 g/mol. The fraction of sp³-hybridized carbons (Fsp3) is 0.400. The fourth-order valence-electron chi connectivity index (χ4n) is 3.71. The van der Waals surface area contributed by atoms with Crippen molar-refractivity contribution < 1.29 is 13.2 Å². The summed E-state index contributed by atoms with van der Waals surface area (Å²) in [5.74, 6) is 0.788. The SMILES string of the molecule is COc1ccc(C2(CNS(=O)(=O)c3cc(C)c(Cl)cc3Cl)CCCC2)cc1. The first kappa shape index (κ1) is 20.5. The highest BCUT2D eigenvalue weighted by Gasteiger charge is 2.37. The number of hydrogen-bond donors (Lipinski definition) is 1. The molecule has 0 bridgehead atoms. The van der Waals surface area contributed by atoms with Gasteiger partial charge in [-0.3, -0.25) is 0 Å². The Labute approximate surface area is 170 Å². The zero-order valence-corrected chi connectivity index (χ0v) is 17.7. The third kappa shape index (κ3) is 4.27. The van der Waals surface area contributed by atoms with Crippen LogP contribution in [0.4, 0.5) is 0 Å². The molecule has 0 saturated heterocycles. The lowest BCUT2D eigenvalue weighted by Crippen LogP contribution is -2.39. The highest BCUT2D eigenvalue weighted by Crippen LogP contribution is 2.41. The Morgan fingerprint density at radius 3 is 2.30 bits per heavy atom. The van der Waals surface area contributed by atoms with Gasteiger partial charge in [-0.1, -0.05) is 48.2 Å². The van der Waals surface area contributed by atoms with Gasteiger partial charge in [0, 0.05) is 17.0 Å². The van der Waals surface area contributed by atoms with Gasteiger partial charge in [0.25, 0.3) is 0 Å². The Kier molecular flexibility index (Phi) is 6.06. The van der Waals surface area contributed by atoms with E-state index in [1.807, 2.05) is 24.3 Å². The number of benzene rings is 2. The summed E-state index contributed by atoms with van der Waals surface area (Å²) in [5.41, 5.74) is 1.59. The van der Waals surface area contributed by atoms with Crippen LogP contribution in [0.15, 0.2) is 41.3 Å². The summed E-state index contributed by atoms with van der Waals surface area (Å²) in [6.07, 6.45) is 4.04. The van der Waals surface area contributed by atoms with Crippen LogP contribution in [0.5, 0.6) is 5.75 Å². The van der Waals surface area contributed by atoms with E-state index in [0.29, 0.717) is 17.1 Å². The van der Waals surface area contributed by atoms with Crippen LogP contribution < -0.4 is 9.46 Å². The average molecular weight is 428 g/mol. The van der Waals surface area contributed by atoms with E-state index in [1.165, 1.54) is 12.1 Å². The predicted octanol–water partition coefficient (Wildman–Crippen LogP) is 5.10. The van der Waals surface area contributed by atoms with Crippen molar-refractivity contribution in [3.8, 4) is 5.75 Å². The molecule has 1 aliphatic rings. The average Bonchev–Trinajstić information content (AvgIpc) is 3.13. The lowest BCUT2D eigenvalue weighted by Gasteiger charge is -2.30. The van der Waals surface area contributed by atoms with Crippen LogP contribution in [0.3, 0.4) is 0 Å². The molecule has 0 amide bonds. The topological polar surface area (TPSA) is 55.4 Å². The van der Waals surface area contributed by atoms with Gasteiger partial charge in [0.15, 0.2) is 0 Å². The van der Waals surface area contributed by atoms with Crippen molar-refractivity contribution in [2.75, 3.05) is 13.7 Å². The van der Waals surface area contributed by atoms with Gasteiger partial charge < -0.3 is 4.74 Å². The number of sulfonamides is 1. The van der Waals surface area contributed by atoms with Crippen LogP contribution in [-0.2, 0) is 15.4 Å². The van der Waals surface area contributed by atoms with Crippen LogP contribution in [0.25, 0.3) is 0 Å². The Hall–Kier alpha value is -1.27. The number of methoxy groups -OCH3 is 1. The van der Waals surface area contributed by atoms with Crippen molar-refractivity contribution in [1.82, 2.24) is 4.72 Å². The Morgan fingerprint density at radius 2 is 1.70 bits per heavy atom. The van der Waals surface area contributed by atoms with E-state index in [2.05, 4.69) is 4.72 Å². The minimum atomic E-state index is -3.74. The molecule has 0 aromatic heterocycles. The van der Waals surface area contributed by atoms with Gasteiger partial charge in [-0.15, -0.1) is 0 Å². The number of halogens is 2. The van der Waals surface area contributed by atoms with Gasteiger partial charge in [0.05, 0.1) is 12.1 Å². The van der Waals surface area contributed by atoms with Gasteiger partial charge >= 0.3 is 0 Å². The summed E-state index contributed by atoms with van der Waals surface area (Å²) in [6, 6.07) is 10.9. The van der Waals surface area contributed by atoms with E-state index in [4.69, 9.17) is 27.9 Å². The molecular formula is C20H23Cl2NO3S. The summed E-state index contributed by atoms with van der Waals surface area (Å²) in [6.45, 7) is 2.09. The summed E-state index contributed by atoms with van der Waals surface area (Å²) >= 11 is 12.2. The molecule has 0 unspecified atom stereocenters. The van der Waals surface area contributed by atoms with Crippen LogP contribution in [0, 0.1) is 6.92 Å². The molecule has 0 spiro atoms. The van der Waals surface area contributed by atoms with Crippen LogP contribution in [0.2, 0.25) is 10.0 Å². The number of ether oxygens (including phenoxy) is 1. The third-order valence-electron chi connectivity index (χ3n) is 5.37. The molecule has 1 N–H and O–H groups in total. The molecule has 1 aliphatic carbocycles. The molecule has 1 fully saturated rings. The molecule has 1 saturated carbocycles. The van der Waals surface area contributed by atoms with Crippen molar-refractivity contribution in [2.45, 2.75) is 42.9 Å². The monoisotopic (exact) mass is 427 g/mol. The second-order valence-corrected chi connectivity index (χ2v) is 9.62. The summed E-state index contributed by atoms with van der Waals surface area (Å²) < 4.78 is 33.8. The zero-order chi connectivity index (χ0) is 19.7. The van der Waals surface area contributed by atoms with Gasteiger partial charge in [0.2, 0.25) is 10.0 Å². The van der Waals surface area contributed by atoms with E-state index in [9.17, 15) is 8.42 Å². The highest BCUT2D eigenvalue weighted by molar-refractivity contribution is 7.89. The summed E-state index contributed by atoms with van der Waals surface area (Å²) in [7, 11) is -2.11. The third-order valence-corrected chi connectivity index (χ3v) is 7.64. The molecule has 4 nitrogen and oxygen atoms in total. The molecule has 0 heterocycles. The first-order chi connectivity index (χ1) is 12.8. The van der Waals surface area contributed by atoms with Crippen molar-refractivity contribution in [3.63, 3.8) is 0 Å². The number of hydrogen-bond acceptors (Lipinski definition) is 3. The Morgan fingerprint density at radius 1 is 1.07 bits per heavy atom. The van der Waals surface area contributed by atoms with Crippen molar-refractivity contribution >= 4 is 33.2 Å². The molecule has 0 atom stereocenters.